The number of nitrogens with one attached hydrogen (secondary N) is 1. The van der Waals surface area contributed by atoms with Crippen molar-refractivity contribution < 1.29 is 9.21 Å². The van der Waals surface area contributed by atoms with Crippen LogP contribution in [0.25, 0.3) is 10.9 Å². The Labute approximate surface area is 181 Å². The second-order valence-electron chi connectivity index (χ2n) is 7.97. The number of halogens is 1. The average molecular weight is 427 g/mol. The molecule has 4 rings (SSSR count). The third-order valence-corrected chi connectivity index (χ3v) is 5.69. The summed E-state index contributed by atoms with van der Waals surface area (Å²) in [5.41, 5.74) is 0.836. The van der Waals surface area contributed by atoms with Gasteiger partial charge < -0.3 is 14.6 Å². The molecule has 0 aliphatic heterocycles. The van der Waals surface area contributed by atoms with Crippen LogP contribution >= 0.6 is 11.6 Å². The minimum Gasteiger partial charge on any atom is -0.467 e. The van der Waals surface area contributed by atoms with E-state index in [1.165, 1.54) is 0 Å². The minimum absolute atomic E-state index is 0.0395. The summed E-state index contributed by atoms with van der Waals surface area (Å²) >= 11 is 6.24. The van der Waals surface area contributed by atoms with Gasteiger partial charge in [0.15, 0.2) is 0 Å². The van der Waals surface area contributed by atoms with Crippen LogP contribution in [-0.2, 0) is 11.3 Å². The number of benzene rings is 1. The first-order valence-corrected chi connectivity index (χ1v) is 10.9. The molecule has 0 spiro atoms. The molecule has 2 heterocycles. The first-order chi connectivity index (χ1) is 14.5. The Balaban J connectivity index is 1.67. The number of furan rings is 1. The van der Waals surface area contributed by atoms with Crippen molar-refractivity contribution in [1.29, 1.82) is 0 Å². The Morgan fingerprint density at radius 3 is 2.87 bits per heavy atom. The van der Waals surface area contributed by atoms with Crippen molar-refractivity contribution in [2.45, 2.75) is 58.0 Å². The predicted molar refractivity (Wildman–Crippen MR) is 119 cm³/mol. The van der Waals surface area contributed by atoms with E-state index in [0.717, 1.165) is 47.6 Å². The van der Waals surface area contributed by atoms with Gasteiger partial charge in [0.25, 0.3) is 0 Å². The number of anilines is 1. The number of amides is 1. The van der Waals surface area contributed by atoms with Gasteiger partial charge in [-0.1, -0.05) is 18.5 Å². The molecule has 1 fully saturated rings. The Hall–Kier alpha value is -2.60. The molecule has 1 unspecified atom stereocenters. The van der Waals surface area contributed by atoms with Crippen molar-refractivity contribution in [2.24, 2.45) is 0 Å². The normalized spacial score (nSPS) is 14.6. The zero-order chi connectivity index (χ0) is 21.1. The van der Waals surface area contributed by atoms with Crippen LogP contribution in [0.4, 0.5) is 5.82 Å². The van der Waals surface area contributed by atoms with E-state index in [0.29, 0.717) is 30.5 Å². The maximum absolute atomic E-state index is 12.4. The van der Waals surface area contributed by atoms with Gasteiger partial charge in [-0.25, -0.2) is 9.97 Å². The van der Waals surface area contributed by atoms with Gasteiger partial charge in [0.2, 0.25) is 5.91 Å². The molecule has 1 aliphatic rings. The highest BCUT2D eigenvalue weighted by molar-refractivity contribution is 6.31. The van der Waals surface area contributed by atoms with E-state index in [2.05, 4.69) is 17.1 Å². The molecule has 1 aliphatic carbocycles. The Morgan fingerprint density at radius 2 is 2.17 bits per heavy atom. The summed E-state index contributed by atoms with van der Waals surface area (Å²) in [5.74, 6) is 2.95. The number of carbonyl (C=O) groups is 1. The molecule has 1 amide bonds. The molecule has 158 valence electrons. The first-order valence-electron chi connectivity index (χ1n) is 10.6. The topological polar surface area (TPSA) is 71.3 Å². The summed E-state index contributed by atoms with van der Waals surface area (Å²) in [6.07, 6.45) is 5.17. The minimum atomic E-state index is 0.0395. The van der Waals surface area contributed by atoms with Crippen molar-refractivity contribution in [3.05, 3.63) is 53.2 Å². The highest BCUT2D eigenvalue weighted by Gasteiger charge is 2.28. The molecule has 2 aromatic heterocycles. The van der Waals surface area contributed by atoms with E-state index in [1.807, 2.05) is 37.3 Å². The standard InChI is InChI=1S/C23H27ClN4O2/c1-3-15(2)25-21(29)10-11-28(14-18-5-4-12-30-18)23-19-9-8-17(24)13-20(19)26-22(27-23)16-6-7-16/h4-5,8-9,12-13,15-16H,3,6-7,10-11,14H2,1-2H3,(H,25,29). The van der Waals surface area contributed by atoms with Gasteiger partial charge >= 0.3 is 0 Å². The number of carbonyl (C=O) groups excluding carboxylic acids is 1. The van der Waals surface area contributed by atoms with Gasteiger partial charge in [-0.3, -0.25) is 4.79 Å². The largest absolute Gasteiger partial charge is 0.467 e. The van der Waals surface area contributed by atoms with Crippen molar-refractivity contribution in [3.8, 4) is 0 Å². The fraction of sp³-hybridized carbons (Fsp3) is 0.435. The molecular weight excluding hydrogens is 400 g/mol. The zero-order valence-corrected chi connectivity index (χ0v) is 18.2. The Bertz CT molecular complexity index is 1020. The lowest BCUT2D eigenvalue weighted by Crippen LogP contribution is -2.35. The number of hydrogen-bond acceptors (Lipinski definition) is 5. The van der Waals surface area contributed by atoms with E-state index in [1.54, 1.807) is 6.26 Å². The van der Waals surface area contributed by atoms with Gasteiger partial charge in [-0.15, -0.1) is 0 Å². The maximum atomic E-state index is 12.4. The second kappa shape index (κ2) is 9.04. The molecular formula is C23H27ClN4O2. The van der Waals surface area contributed by atoms with Crippen LogP contribution in [0.15, 0.2) is 41.0 Å². The third-order valence-electron chi connectivity index (χ3n) is 5.45. The highest BCUT2D eigenvalue weighted by Crippen LogP contribution is 2.40. The zero-order valence-electron chi connectivity index (χ0n) is 17.4. The fourth-order valence-corrected chi connectivity index (χ4v) is 3.57. The number of fused-ring (bicyclic) bond motifs is 1. The van der Waals surface area contributed by atoms with Crippen molar-refractivity contribution >= 4 is 34.2 Å². The van der Waals surface area contributed by atoms with Crippen LogP contribution in [0.2, 0.25) is 5.02 Å². The Morgan fingerprint density at radius 1 is 1.33 bits per heavy atom. The number of rotatable bonds is 9. The first kappa shape index (κ1) is 20.7. The van der Waals surface area contributed by atoms with Crippen LogP contribution < -0.4 is 10.2 Å². The van der Waals surface area contributed by atoms with Crippen LogP contribution in [-0.4, -0.2) is 28.5 Å². The molecule has 6 nitrogen and oxygen atoms in total. The lowest BCUT2D eigenvalue weighted by atomic mass is 10.2. The van der Waals surface area contributed by atoms with E-state index in [4.69, 9.17) is 26.0 Å². The molecule has 3 aromatic rings. The van der Waals surface area contributed by atoms with E-state index < -0.39 is 0 Å². The molecule has 1 aromatic carbocycles. The SMILES string of the molecule is CCC(C)NC(=O)CCN(Cc1ccco1)c1nc(C2CC2)nc2cc(Cl)ccc12. The average Bonchev–Trinajstić information content (AvgIpc) is 3.46. The van der Waals surface area contributed by atoms with Crippen molar-refractivity contribution in [2.75, 3.05) is 11.4 Å². The summed E-state index contributed by atoms with van der Waals surface area (Å²) in [4.78, 5) is 24.2. The molecule has 1 saturated carbocycles. The third kappa shape index (κ3) is 4.93. The lowest BCUT2D eigenvalue weighted by molar-refractivity contribution is -0.121. The van der Waals surface area contributed by atoms with Gasteiger partial charge in [0, 0.05) is 35.3 Å². The van der Waals surface area contributed by atoms with Gasteiger partial charge in [-0.05, 0) is 56.5 Å². The second-order valence-corrected chi connectivity index (χ2v) is 8.41. The molecule has 0 bridgehead atoms. The van der Waals surface area contributed by atoms with Gasteiger partial charge in [0.1, 0.15) is 17.4 Å². The summed E-state index contributed by atoms with van der Waals surface area (Å²) in [6.45, 7) is 5.14. The van der Waals surface area contributed by atoms with Crippen LogP contribution in [0.5, 0.6) is 0 Å². The van der Waals surface area contributed by atoms with Crippen LogP contribution in [0.1, 0.15) is 57.0 Å². The number of hydrogen-bond donors (Lipinski definition) is 1. The molecule has 0 radical (unpaired) electrons. The Kier molecular flexibility index (Phi) is 6.23. The van der Waals surface area contributed by atoms with E-state index >= 15 is 0 Å². The summed E-state index contributed by atoms with van der Waals surface area (Å²) in [7, 11) is 0. The van der Waals surface area contributed by atoms with Crippen molar-refractivity contribution in [1.82, 2.24) is 15.3 Å². The van der Waals surface area contributed by atoms with E-state index in [-0.39, 0.29) is 11.9 Å². The molecule has 1 N–H and O–H groups in total. The van der Waals surface area contributed by atoms with Crippen molar-refractivity contribution in [3.63, 3.8) is 0 Å². The lowest BCUT2D eigenvalue weighted by Gasteiger charge is -2.25. The quantitative estimate of drug-likeness (QED) is 0.517. The molecule has 7 heteroatoms. The molecule has 0 saturated heterocycles. The van der Waals surface area contributed by atoms with Gasteiger partial charge in [-0.2, -0.15) is 0 Å². The number of nitrogens with zero attached hydrogens (tertiary/aromatic N) is 3. The van der Waals surface area contributed by atoms with E-state index in [9.17, 15) is 4.79 Å². The number of aromatic nitrogens is 2. The predicted octanol–water partition coefficient (Wildman–Crippen LogP) is 5.07. The molecule has 30 heavy (non-hydrogen) atoms. The monoisotopic (exact) mass is 426 g/mol. The summed E-state index contributed by atoms with van der Waals surface area (Å²) < 4.78 is 5.59. The summed E-state index contributed by atoms with van der Waals surface area (Å²) in [5, 5.41) is 4.62. The van der Waals surface area contributed by atoms with Crippen LogP contribution in [0, 0.1) is 0 Å². The fourth-order valence-electron chi connectivity index (χ4n) is 3.40. The maximum Gasteiger partial charge on any atom is 0.221 e. The molecule has 1 atom stereocenters. The van der Waals surface area contributed by atoms with Gasteiger partial charge in [0.05, 0.1) is 18.3 Å². The highest BCUT2D eigenvalue weighted by atomic mass is 35.5. The summed E-state index contributed by atoms with van der Waals surface area (Å²) in [6, 6.07) is 9.67. The smallest absolute Gasteiger partial charge is 0.221 e. The van der Waals surface area contributed by atoms with Crippen LogP contribution in [0.3, 0.4) is 0 Å².